The summed E-state index contributed by atoms with van der Waals surface area (Å²) in [4.78, 5) is 13.7. The lowest BCUT2D eigenvalue weighted by Crippen LogP contribution is -2.26. The lowest BCUT2D eigenvalue weighted by molar-refractivity contribution is 0.460. The van der Waals surface area contributed by atoms with Gasteiger partial charge >= 0.3 is 0 Å². The number of halogens is 1. The van der Waals surface area contributed by atoms with Crippen LogP contribution >= 0.6 is 11.6 Å². The fourth-order valence-electron chi connectivity index (χ4n) is 3.80. The molecule has 0 aliphatic carbocycles. The maximum Gasteiger partial charge on any atom is 0.262 e. The Morgan fingerprint density at radius 3 is 2.03 bits per heavy atom. The summed E-state index contributed by atoms with van der Waals surface area (Å²) in [5.41, 5.74) is 4.20. The third kappa shape index (κ3) is 3.77. The van der Waals surface area contributed by atoms with Crippen LogP contribution in [-0.4, -0.2) is 9.67 Å². The third-order valence-electron chi connectivity index (χ3n) is 5.25. The first-order valence-electron chi connectivity index (χ1n) is 9.95. The van der Waals surface area contributed by atoms with E-state index < -0.39 is 0 Å². The monoisotopic (exact) mass is 415 g/mol. The predicted octanol–water partition coefficient (Wildman–Crippen LogP) is 6.02. The van der Waals surface area contributed by atoms with Gasteiger partial charge in [0.25, 0.3) is 5.56 Å². The Kier molecular flexibility index (Phi) is 5.73. The third-order valence-corrected chi connectivity index (χ3v) is 5.50. The molecule has 1 heterocycles. The quantitative estimate of drug-likeness (QED) is 0.433. The van der Waals surface area contributed by atoms with E-state index >= 15 is 0 Å². The van der Waals surface area contributed by atoms with E-state index in [9.17, 15) is 9.90 Å². The zero-order chi connectivity index (χ0) is 21.1. The Bertz CT molecular complexity index is 1210. The van der Waals surface area contributed by atoms with Crippen molar-refractivity contribution in [3.63, 3.8) is 0 Å². The molecule has 30 heavy (non-hydrogen) atoms. The molecule has 1 N–H and O–H groups in total. The fourth-order valence-corrected chi connectivity index (χ4v) is 3.92. The number of aromatic nitrogens is 1. The first-order valence-corrected chi connectivity index (χ1v) is 10.3. The molecule has 0 atom stereocenters. The summed E-state index contributed by atoms with van der Waals surface area (Å²) >= 11 is 6.09. The lowest BCUT2D eigenvalue weighted by atomic mass is 9.96. The molecule has 0 aliphatic rings. The van der Waals surface area contributed by atoms with Gasteiger partial charge in [0.2, 0.25) is 0 Å². The highest BCUT2D eigenvalue weighted by Crippen LogP contribution is 2.34. The molecular formula is C26H22ClNO2. The van der Waals surface area contributed by atoms with Crippen LogP contribution in [0.25, 0.3) is 16.9 Å². The average molecular weight is 416 g/mol. The highest BCUT2D eigenvalue weighted by molar-refractivity contribution is 6.30. The normalized spacial score (nSPS) is 10.9. The van der Waals surface area contributed by atoms with Crippen molar-refractivity contribution in [1.82, 2.24) is 4.57 Å². The molecule has 3 nitrogen and oxygen atoms in total. The van der Waals surface area contributed by atoms with Crippen LogP contribution in [0.2, 0.25) is 5.02 Å². The van der Waals surface area contributed by atoms with E-state index in [0.717, 1.165) is 16.7 Å². The summed E-state index contributed by atoms with van der Waals surface area (Å²) in [5, 5.41) is 11.8. The topological polar surface area (TPSA) is 42.2 Å². The van der Waals surface area contributed by atoms with Crippen molar-refractivity contribution < 1.29 is 5.11 Å². The van der Waals surface area contributed by atoms with Crippen LogP contribution in [0.1, 0.15) is 23.6 Å². The van der Waals surface area contributed by atoms with E-state index in [4.69, 9.17) is 11.6 Å². The summed E-state index contributed by atoms with van der Waals surface area (Å²) in [6, 6.07) is 26.6. The molecule has 4 aromatic rings. The van der Waals surface area contributed by atoms with Crippen molar-refractivity contribution in [2.24, 2.45) is 0 Å². The predicted molar refractivity (Wildman–Crippen MR) is 123 cm³/mol. The van der Waals surface area contributed by atoms with Gasteiger partial charge in [0.15, 0.2) is 0 Å². The summed E-state index contributed by atoms with van der Waals surface area (Å²) in [5.74, 6) is 0.0791. The number of aromatic hydroxyl groups is 1. The first-order chi connectivity index (χ1) is 14.6. The number of rotatable bonds is 5. The molecule has 150 valence electrons. The molecule has 0 aliphatic heterocycles. The molecule has 0 unspecified atom stereocenters. The molecule has 0 radical (unpaired) electrons. The van der Waals surface area contributed by atoms with Gasteiger partial charge in [-0.1, -0.05) is 79.2 Å². The maximum absolute atomic E-state index is 13.7. The van der Waals surface area contributed by atoms with Crippen LogP contribution in [0, 0.1) is 0 Å². The van der Waals surface area contributed by atoms with Gasteiger partial charge < -0.3 is 5.11 Å². The van der Waals surface area contributed by atoms with E-state index in [1.807, 2.05) is 79.7 Å². The van der Waals surface area contributed by atoms with Gasteiger partial charge in [-0.05, 0) is 41.8 Å². The standard InChI is InChI=1S/C26H22ClNO2/c1-2-22-24(19-11-7-4-8-12-19)28(21-15-13-20(27)14-16-21)26(30)23(25(22)29)17-18-9-5-3-6-10-18/h3-16,29H,2,17H2,1H3. The molecule has 4 heteroatoms. The second-order valence-corrected chi connectivity index (χ2v) is 7.59. The van der Waals surface area contributed by atoms with Gasteiger partial charge in [-0.25, -0.2) is 0 Å². The highest BCUT2D eigenvalue weighted by atomic mass is 35.5. The van der Waals surface area contributed by atoms with Crippen LogP contribution in [0.5, 0.6) is 5.75 Å². The van der Waals surface area contributed by atoms with Crippen LogP contribution in [0.3, 0.4) is 0 Å². The van der Waals surface area contributed by atoms with E-state index in [1.54, 1.807) is 16.7 Å². The molecular weight excluding hydrogens is 394 g/mol. The van der Waals surface area contributed by atoms with Gasteiger partial charge in [0.05, 0.1) is 11.3 Å². The zero-order valence-electron chi connectivity index (χ0n) is 16.7. The Morgan fingerprint density at radius 1 is 0.833 bits per heavy atom. The largest absolute Gasteiger partial charge is 0.507 e. The van der Waals surface area contributed by atoms with Crippen LogP contribution < -0.4 is 5.56 Å². The molecule has 0 fully saturated rings. The second kappa shape index (κ2) is 8.60. The second-order valence-electron chi connectivity index (χ2n) is 7.15. The van der Waals surface area contributed by atoms with Crippen molar-refractivity contribution >= 4 is 11.6 Å². The van der Waals surface area contributed by atoms with E-state index in [2.05, 4.69) is 0 Å². The van der Waals surface area contributed by atoms with Crippen molar-refractivity contribution in [3.8, 4) is 22.7 Å². The Morgan fingerprint density at radius 2 is 1.43 bits per heavy atom. The number of benzene rings is 3. The van der Waals surface area contributed by atoms with E-state index in [-0.39, 0.29) is 11.3 Å². The van der Waals surface area contributed by atoms with Crippen molar-refractivity contribution in [2.75, 3.05) is 0 Å². The van der Waals surface area contributed by atoms with E-state index in [0.29, 0.717) is 34.8 Å². The summed E-state index contributed by atoms with van der Waals surface area (Å²) in [6.45, 7) is 1.99. The Balaban J connectivity index is 2.05. The molecule has 4 rings (SSSR count). The molecule has 0 saturated heterocycles. The fraction of sp³-hybridized carbons (Fsp3) is 0.115. The lowest BCUT2D eigenvalue weighted by Gasteiger charge is -2.21. The van der Waals surface area contributed by atoms with Crippen LogP contribution in [-0.2, 0) is 12.8 Å². The minimum absolute atomic E-state index is 0.0791. The molecule has 0 amide bonds. The Labute approximate surface area is 180 Å². The number of hydrogen-bond donors (Lipinski definition) is 1. The van der Waals surface area contributed by atoms with Crippen molar-refractivity contribution in [3.05, 3.63) is 117 Å². The number of hydrogen-bond acceptors (Lipinski definition) is 2. The van der Waals surface area contributed by atoms with Crippen molar-refractivity contribution in [2.45, 2.75) is 19.8 Å². The molecule has 0 bridgehead atoms. The highest BCUT2D eigenvalue weighted by Gasteiger charge is 2.22. The van der Waals surface area contributed by atoms with Crippen LogP contribution in [0.4, 0.5) is 0 Å². The number of nitrogens with zero attached hydrogens (tertiary/aromatic N) is 1. The Hall–Kier alpha value is -3.30. The van der Waals surface area contributed by atoms with E-state index in [1.165, 1.54) is 0 Å². The maximum atomic E-state index is 13.7. The van der Waals surface area contributed by atoms with Gasteiger partial charge in [0, 0.05) is 22.7 Å². The SMILES string of the molecule is CCc1c(O)c(Cc2ccccc2)c(=O)n(-c2ccc(Cl)cc2)c1-c1ccccc1. The number of pyridine rings is 1. The molecule has 3 aromatic carbocycles. The van der Waals surface area contributed by atoms with Crippen LogP contribution in [0.15, 0.2) is 89.7 Å². The average Bonchev–Trinajstić information content (AvgIpc) is 2.78. The van der Waals surface area contributed by atoms with Gasteiger partial charge in [0.1, 0.15) is 5.75 Å². The van der Waals surface area contributed by atoms with Gasteiger partial charge in [-0.15, -0.1) is 0 Å². The summed E-state index contributed by atoms with van der Waals surface area (Å²) in [7, 11) is 0. The van der Waals surface area contributed by atoms with Crippen molar-refractivity contribution in [1.29, 1.82) is 0 Å². The summed E-state index contributed by atoms with van der Waals surface area (Å²) in [6.07, 6.45) is 0.951. The minimum Gasteiger partial charge on any atom is -0.507 e. The van der Waals surface area contributed by atoms with Gasteiger partial charge in [-0.2, -0.15) is 0 Å². The smallest absolute Gasteiger partial charge is 0.262 e. The minimum atomic E-state index is -0.227. The molecule has 0 saturated carbocycles. The first kappa shape index (κ1) is 20.0. The zero-order valence-corrected chi connectivity index (χ0v) is 17.4. The van der Waals surface area contributed by atoms with Gasteiger partial charge in [-0.3, -0.25) is 9.36 Å². The summed E-state index contributed by atoms with van der Waals surface area (Å²) < 4.78 is 1.70. The molecule has 1 aromatic heterocycles. The molecule has 0 spiro atoms.